The third-order valence-electron chi connectivity index (χ3n) is 6.17. The zero-order chi connectivity index (χ0) is 26.3. The predicted octanol–water partition coefficient (Wildman–Crippen LogP) is 3.33. The van der Waals surface area contributed by atoms with Crippen molar-refractivity contribution in [1.82, 2.24) is 10.6 Å². The SMILES string of the molecule is O=C(C[C@@H]1C=C[C@@H](NC(=O)c2ccc3c(c2)OCO3)[C@@H](CO)O1)NCc1ccc(Oc2ccccc2)cc1. The molecule has 0 unspecified atom stereocenters. The molecule has 2 amide bonds. The Hall–Kier alpha value is -4.34. The average molecular weight is 517 g/mol. The zero-order valence-corrected chi connectivity index (χ0v) is 20.5. The normalized spacial score (nSPS) is 19.6. The molecule has 2 heterocycles. The van der Waals surface area contributed by atoms with Gasteiger partial charge in [-0.25, -0.2) is 0 Å². The first-order valence-electron chi connectivity index (χ1n) is 12.3. The maximum absolute atomic E-state index is 12.7. The number of ether oxygens (including phenoxy) is 4. The van der Waals surface area contributed by atoms with Crippen molar-refractivity contribution in [3.8, 4) is 23.0 Å². The van der Waals surface area contributed by atoms with E-state index in [2.05, 4.69) is 10.6 Å². The van der Waals surface area contributed by atoms with E-state index in [9.17, 15) is 14.7 Å². The van der Waals surface area contributed by atoms with Crippen LogP contribution in [0.25, 0.3) is 0 Å². The van der Waals surface area contributed by atoms with Gasteiger partial charge in [0.2, 0.25) is 12.7 Å². The van der Waals surface area contributed by atoms with Crippen molar-refractivity contribution in [2.75, 3.05) is 13.4 Å². The van der Waals surface area contributed by atoms with Gasteiger partial charge in [-0.2, -0.15) is 0 Å². The van der Waals surface area contributed by atoms with Crippen LogP contribution in [0.4, 0.5) is 0 Å². The van der Waals surface area contributed by atoms with E-state index in [1.807, 2.05) is 54.6 Å². The summed E-state index contributed by atoms with van der Waals surface area (Å²) < 4.78 is 22.3. The lowest BCUT2D eigenvalue weighted by molar-refractivity contribution is -0.125. The number of amides is 2. The Morgan fingerprint density at radius 3 is 2.47 bits per heavy atom. The molecule has 0 saturated heterocycles. The van der Waals surface area contributed by atoms with E-state index in [4.69, 9.17) is 18.9 Å². The molecule has 0 aliphatic carbocycles. The van der Waals surface area contributed by atoms with E-state index < -0.39 is 18.2 Å². The average Bonchev–Trinajstić information content (AvgIpc) is 3.42. The van der Waals surface area contributed by atoms with E-state index in [0.717, 1.165) is 11.3 Å². The highest BCUT2D eigenvalue weighted by Gasteiger charge is 2.29. The van der Waals surface area contributed by atoms with Crippen molar-refractivity contribution in [3.63, 3.8) is 0 Å². The number of nitrogens with one attached hydrogen (secondary N) is 2. The molecule has 0 saturated carbocycles. The van der Waals surface area contributed by atoms with Gasteiger partial charge in [-0.1, -0.05) is 42.5 Å². The number of carbonyl (C=O) groups excluding carboxylic acids is 2. The van der Waals surface area contributed by atoms with Crippen LogP contribution in [0.5, 0.6) is 23.0 Å². The van der Waals surface area contributed by atoms with E-state index in [1.165, 1.54) is 0 Å². The highest BCUT2D eigenvalue weighted by molar-refractivity contribution is 5.95. The molecule has 0 aromatic heterocycles. The Bertz CT molecular complexity index is 1290. The van der Waals surface area contributed by atoms with Crippen LogP contribution in [0.2, 0.25) is 0 Å². The van der Waals surface area contributed by atoms with Gasteiger partial charge >= 0.3 is 0 Å². The van der Waals surface area contributed by atoms with Crippen LogP contribution in [0.1, 0.15) is 22.3 Å². The fourth-order valence-corrected chi connectivity index (χ4v) is 4.16. The number of rotatable bonds is 9. The molecule has 0 bridgehead atoms. The van der Waals surface area contributed by atoms with Crippen molar-refractivity contribution in [2.45, 2.75) is 31.2 Å². The van der Waals surface area contributed by atoms with Gasteiger partial charge in [-0.3, -0.25) is 9.59 Å². The molecule has 0 fully saturated rings. The fraction of sp³-hybridized carbons (Fsp3) is 0.241. The van der Waals surface area contributed by atoms with E-state index >= 15 is 0 Å². The van der Waals surface area contributed by atoms with Gasteiger partial charge in [0.1, 0.15) is 17.6 Å². The maximum Gasteiger partial charge on any atom is 0.251 e. The second-order valence-corrected chi connectivity index (χ2v) is 8.89. The Labute approximate surface area is 220 Å². The number of hydrogen-bond acceptors (Lipinski definition) is 7. The van der Waals surface area contributed by atoms with Crippen LogP contribution in [0.15, 0.2) is 84.9 Å². The second-order valence-electron chi connectivity index (χ2n) is 8.89. The molecule has 2 aliphatic heterocycles. The molecule has 5 rings (SSSR count). The molecule has 9 heteroatoms. The lowest BCUT2D eigenvalue weighted by Crippen LogP contribution is -2.49. The molecule has 3 aromatic carbocycles. The number of aliphatic hydroxyl groups excluding tert-OH is 1. The number of carbonyl (C=O) groups is 2. The first kappa shape index (κ1) is 25.3. The smallest absolute Gasteiger partial charge is 0.251 e. The third-order valence-corrected chi connectivity index (χ3v) is 6.17. The number of aliphatic hydroxyl groups is 1. The van der Waals surface area contributed by atoms with Crippen LogP contribution in [-0.4, -0.2) is 48.6 Å². The highest BCUT2D eigenvalue weighted by atomic mass is 16.7. The summed E-state index contributed by atoms with van der Waals surface area (Å²) in [6.45, 7) is 0.168. The van der Waals surface area contributed by atoms with Gasteiger partial charge in [0, 0.05) is 12.1 Å². The Morgan fingerprint density at radius 1 is 0.921 bits per heavy atom. The molecule has 0 radical (unpaired) electrons. The predicted molar refractivity (Wildman–Crippen MR) is 138 cm³/mol. The molecular weight excluding hydrogens is 488 g/mol. The Balaban J connectivity index is 1.09. The largest absolute Gasteiger partial charge is 0.457 e. The molecule has 2 aliphatic rings. The van der Waals surface area contributed by atoms with Gasteiger partial charge in [0.15, 0.2) is 11.5 Å². The first-order chi connectivity index (χ1) is 18.6. The molecule has 38 heavy (non-hydrogen) atoms. The summed E-state index contributed by atoms with van der Waals surface area (Å²) in [5.74, 6) is 2.03. The quantitative estimate of drug-likeness (QED) is 0.374. The molecule has 3 N–H and O–H groups in total. The summed E-state index contributed by atoms with van der Waals surface area (Å²) in [5.41, 5.74) is 1.33. The van der Waals surface area contributed by atoms with Gasteiger partial charge in [0.05, 0.1) is 25.2 Å². The summed E-state index contributed by atoms with van der Waals surface area (Å²) in [6.07, 6.45) is 2.36. The van der Waals surface area contributed by atoms with Crippen molar-refractivity contribution in [2.24, 2.45) is 0 Å². The van der Waals surface area contributed by atoms with Crippen molar-refractivity contribution in [3.05, 3.63) is 96.1 Å². The van der Waals surface area contributed by atoms with Crippen molar-refractivity contribution < 1.29 is 33.6 Å². The van der Waals surface area contributed by atoms with E-state index in [0.29, 0.717) is 29.4 Å². The van der Waals surface area contributed by atoms with Crippen LogP contribution in [-0.2, 0) is 16.1 Å². The fourth-order valence-electron chi connectivity index (χ4n) is 4.16. The zero-order valence-electron chi connectivity index (χ0n) is 20.5. The lowest BCUT2D eigenvalue weighted by Gasteiger charge is -2.31. The van der Waals surface area contributed by atoms with Crippen LogP contribution < -0.4 is 24.8 Å². The first-order valence-corrected chi connectivity index (χ1v) is 12.3. The number of fused-ring (bicyclic) bond motifs is 1. The van der Waals surface area contributed by atoms with Gasteiger partial charge in [0.25, 0.3) is 5.91 Å². The van der Waals surface area contributed by atoms with Gasteiger partial charge in [-0.15, -0.1) is 0 Å². The van der Waals surface area contributed by atoms with Gasteiger partial charge < -0.3 is 34.7 Å². The summed E-state index contributed by atoms with van der Waals surface area (Å²) in [7, 11) is 0. The maximum atomic E-state index is 12.7. The Kier molecular flexibility index (Phi) is 7.86. The van der Waals surface area contributed by atoms with Crippen LogP contribution >= 0.6 is 0 Å². The van der Waals surface area contributed by atoms with Crippen molar-refractivity contribution in [1.29, 1.82) is 0 Å². The van der Waals surface area contributed by atoms with E-state index in [-0.39, 0.29) is 31.6 Å². The molecule has 3 atom stereocenters. The summed E-state index contributed by atoms with van der Waals surface area (Å²) in [4.78, 5) is 25.2. The van der Waals surface area contributed by atoms with Crippen LogP contribution in [0.3, 0.4) is 0 Å². The third kappa shape index (κ3) is 6.31. The minimum Gasteiger partial charge on any atom is -0.457 e. The van der Waals surface area contributed by atoms with Crippen LogP contribution in [0, 0.1) is 0 Å². The minimum atomic E-state index is -0.687. The molecule has 196 valence electrons. The summed E-state index contributed by atoms with van der Waals surface area (Å²) in [6, 6.07) is 21.4. The lowest BCUT2D eigenvalue weighted by atomic mass is 10.0. The van der Waals surface area contributed by atoms with Crippen molar-refractivity contribution >= 4 is 11.8 Å². The Morgan fingerprint density at radius 2 is 1.68 bits per heavy atom. The topological polar surface area (TPSA) is 115 Å². The second kappa shape index (κ2) is 11.8. The monoisotopic (exact) mass is 516 g/mol. The summed E-state index contributed by atoms with van der Waals surface area (Å²) >= 11 is 0. The molecule has 9 nitrogen and oxygen atoms in total. The minimum absolute atomic E-state index is 0.0883. The van der Waals surface area contributed by atoms with Gasteiger partial charge in [-0.05, 0) is 48.0 Å². The van der Waals surface area contributed by atoms with E-state index in [1.54, 1.807) is 30.4 Å². The summed E-state index contributed by atoms with van der Waals surface area (Å²) in [5, 5.41) is 15.6. The molecular formula is C29H28N2O7. The standard InChI is InChI=1S/C29H28N2O7/c32-17-27-24(31-29(34)20-8-13-25-26(14-20)36-18-35-25)12-11-23(38-27)15-28(33)30-16-19-6-9-22(10-7-19)37-21-4-2-1-3-5-21/h1-14,23-24,27,32H,15-18H2,(H,30,33)(H,31,34)/t23-,24+,27+/m0/s1. The number of benzene rings is 3. The molecule has 3 aromatic rings. The number of hydrogen-bond donors (Lipinski definition) is 3. The number of para-hydroxylation sites is 1. The molecule has 0 spiro atoms. The highest BCUT2D eigenvalue weighted by Crippen LogP contribution is 2.32.